The maximum atomic E-state index is 4.00. The van der Waals surface area contributed by atoms with Gasteiger partial charge in [-0.1, -0.05) is 28.7 Å². The summed E-state index contributed by atoms with van der Waals surface area (Å²) in [6.07, 6.45) is 4.84. The van der Waals surface area contributed by atoms with Crippen LogP contribution in [-0.2, 0) is 0 Å². The van der Waals surface area contributed by atoms with Crippen molar-refractivity contribution in [3.8, 4) is 0 Å². The van der Waals surface area contributed by atoms with Gasteiger partial charge in [0.15, 0.2) is 0 Å². The molecule has 0 spiro atoms. The minimum Gasteiger partial charge on any atom is -1.00 e. The summed E-state index contributed by atoms with van der Waals surface area (Å²) in [5.74, 6) is 1.87. The molecule has 2 unspecified atom stereocenters. The average Bonchev–Trinajstić information content (AvgIpc) is 2.57. The Kier molecular flexibility index (Phi) is 12.1. The maximum Gasteiger partial charge on any atom is 0.0885 e. The van der Waals surface area contributed by atoms with E-state index in [1.54, 1.807) is 0 Å². The molecule has 16 heavy (non-hydrogen) atoms. The van der Waals surface area contributed by atoms with Crippen molar-refractivity contribution in [3.05, 3.63) is 12.8 Å². The summed E-state index contributed by atoms with van der Waals surface area (Å²) in [7, 11) is 0. The van der Waals surface area contributed by atoms with Gasteiger partial charge in [-0.3, -0.25) is 4.48 Å². The van der Waals surface area contributed by atoms with E-state index in [4.69, 9.17) is 0 Å². The van der Waals surface area contributed by atoms with Gasteiger partial charge in [-0.2, -0.15) is 0 Å². The van der Waals surface area contributed by atoms with Crippen molar-refractivity contribution in [2.75, 3.05) is 19.6 Å². The van der Waals surface area contributed by atoms with E-state index < -0.39 is 0 Å². The summed E-state index contributed by atoms with van der Waals surface area (Å²) in [4.78, 5) is 0. The van der Waals surface area contributed by atoms with Gasteiger partial charge in [-0.25, -0.2) is 0 Å². The molecular weight excluding hydrogens is 218 g/mol. The molecule has 2 atom stereocenters. The van der Waals surface area contributed by atoms with Crippen molar-refractivity contribution in [2.24, 2.45) is 11.8 Å². The molecule has 0 bridgehead atoms. The van der Waals surface area contributed by atoms with Crippen LogP contribution in [0.3, 0.4) is 0 Å². The van der Waals surface area contributed by atoms with Gasteiger partial charge in [-0.15, -0.1) is 0 Å². The lowest BCUT2D eigenvalue weighted by atomic mass is 9.92. The van der Waals surface area contributed by atoms with Crippen LogP contribution in [0.5, 0.6) is 0 Å². The predicted octanol–water partition coefficient (Wildman–Crippen LogP) is 1.31. The van der Waals surface area contributed by atoms with Crippen LogP contribution in [0.25, 0.3) is 0 Å². The Morgan fingerprint density at radius 1 is 1.06 bits per heavy atom. The van der Waals surface area contributed by atoms with Crippen LogP contribution in [0.2, 0.25) is 0 Å². The maximum absolute atomic E-state index is 4.00. The molecule has 1 rings (SSSR count). The molecule has 0 radical (unpaired) electrons. The molecule has 1 heterocycles. The van der Waals surface area contributed by atoms with E-state index in [0.29, 0.717) is 0 Å². The zero-order valence-corrected chi connectivity index (χ0v) is 10.6. The highest BCUT2D eigenvalue weighted by atomic mass is 35.5. The van der Waals surface area contributed by atoms with Gasteiger partial charge in [0.1, 0.15) is 0 Å². The molecule has 0 amide bonds. The molecule has 0 aromatic heterocycles. The van der Waals surface area contributed by atoms with Crippen LogP contribution in [-0.4, -0.2) is 24.1 Å². The van der Waals surface area contributed by atoms with Crippen LogP contribution in [0, 0.1) is 11.8 Å². The number of likely N-dealkylation sites (tertiary alicyclic amines) is 1. The fraction of sp³-hybridized carbons (Fsp3) is 0.857. The molecule has 1 nitrogen and oxygen atoms in total. The van der Waals surface area contributed by atoms with Gasteiger partial charge >= 0.3 is 0 Å². The van der Waals surface area contributed by atoms with Crippen LogP contribution < -0.4 is 12.4 Å². The molecule has 0 aromatic rings. The van der Waals surface area contributed by atoms with E-state index in [0.717, 1.165) is 16.3 Å². The lowest BCUT2D eigenvalue weighted by Gasteiger charge is -2.28. The van der Waals surface area contributed by atoms with Crippen molar-refractivity contribution in [2.45, 2.75) is 48.5 Å². The van der Waals surface area contributed by atoms with E-state index in [1.807, 2.05) is 0 Å². The molecule has 100 valence electrons. The van der Waals surface area contributed by atoms with Crippen LogP contribution in [0.15, 0.2) is 12.8 Å². The molecule has 0 aromatic carbocycles. The topological polar surface area (TPSA) is 0 Å². The second-order valence-electron chi connectivity index (χ2n) is 4.42. The zero-order chi connectivity index (χ0) is 9.90. The number of hydrogen-bond donors (Lipinski definition) is 0. The number of quaternary nitrogens is 1. The number of nitrogens with zero attached hydrogens (tertiary/aromatic N) is 1. The molecule has 1 saturated heterocycles. The number of hydrogen-bond acceptors (Lipinski definition) is 0. The summed E-state index contributed by atoms with van der Waals surface area (Å²) in [5.41, 5.74) is 0. The van der Waals surface area contributed by atoms with Crippen LogP contribution in [0.4, 0.5) is 0 Å². The first-order valence-corrected chi connectivity index (χ1v) is 5.70. The fourth-order valence-corrected chi connectivity index (χ4v) is 2.77. The molecule has 2 heteroatoms. The molecule has 0 N–H and O–H groups in total. The van der Waals surface area contributed by atoms with Crippen LogP contribution >= 0.6 is 0 Å². The SMILES string of the molecule is C.C.C=C[N+]1(CC)CC(CC)C(CC)C1.[Cl-]. The van der Waals surface area contributed by atoms with Gasteiger partial charge in [-0.05, 0) is 26.3 Å². The van der Waals surface area contributed by atoms with Crippen molar-refractivity contribution >= 4 is 0 Å². The van der Waals surface area contributed by atoms with Gasteiger partial charge in [0.25, 0.3) is 0 Å². The number of rotatable bonds is 4. The monoisotopic (exact) mass is 249 g/mol. The molecule has 1 aliphatic heterocycles. The van der Waals surface area contributed by atoms with Gasteiger partial charge in [0.05, 0.1) is 25.8 Å². The van der Waals surface area contributed by atoms with Crippen molar-refractivity contribution in [1.82, 2.24) is 0 Å². The minimum atomic E-state index is 0. The summed E-state index contributed by atoms with van der Waals surface area (Å²) < 4.78 is 1.15. The van der Waals surface area contributed by atoms with Gasteiger partial charge in [0.2, 0.25) is 0 Å². The quantitative estimate of drug-likeness (QED) is 0.660. The lowest BCUT2D eigenvalue weighted by Crippen LogP contribution is -3.00. The van der Waals surface area contributed by atoms with Crippen molar-refractivity contribution < 1.29 is 16.9 Å². The third-order valence-corrected chi connectivity index (χ3v) is 3.93. The Morgan fingerprint density at radius 3 is 1.62 bits per heavy atom. The summed E-state index contributed by atoms with van der Waals surface area (Å²) in [6, 6.07) is 0. The number of halogens is 1. The molecule has 0 saturated carbocycles. The summed E-state index contributed by atoms with van der Waals surface area (Å²) >= 11 is 0. The van der Waals surface area contributed by atoms with Gasteiger partial charge < -0.3 is 12.4 Å². The zero-order valence-electron chi connectivity index (χ0n) is 9.80. The highest BCUT2D eigenvalue weighted by molar-refractivity contribution is 4.77. The van der Waals surface area contributed by atoms with E-state index in [-0.39, 0.29) is 27.3 Å². The highest BCUT2D eigenvalue weighted by Crippen LogP contribution is 2.34. The van der Waals surface area contributed by atoms with Gasteiger partial charge in [0, 0.05) is 11.8 Å². The average molecular weight is 250 g/mol. The Morgan fingerprint density at radius 2 is 1.44 bits per heavy atom. The smallest absolute Gasteiger partial charge is 0.0885 e. The fourth-order valence-electron chi connectivity index (χ4n) is 2.77. The first-order chi connectivity index (χ1) is 6.21. The minimum absolute atomic E-state index is 0. The first kappa shape index (κ1) is 21.3. The lowest BCUT2D eigenvalue weighted by molar-refractivity contribution is -0.867. The van der Waals surface area contributed by atoms with E-state index in [1.165, 1.54) is 32.5 Å². The third-order valence-electron chi connectivity index (χ3n) is 3.93. The van der Waals surface area contributed by atoms with Crippen LogP contribution in [0.1, 0.15) is 48.5 Å². The second-order valence-corrected chi connectivity index (χ2v) is 4.42. The Hall–Kier alpha value is -0.0100. The third kappa shape index (κ3) is 4.10. The Labute approximate surface area is 110 Å². The molecule has 1 aliphatic rings. The second kappa shape index (κ2) is 9.07. The largest absolute Gasteiger partial charge is 1.00 e. The normalized spacial score (nSPS) is 31.9. The summed E-state index contributed by atoms with van der Waals surface area (Å²) in [6.45, 7) is 14.8. The Balaban J connectivity index is -0.000000563. The molecular formula is C14H32ClN. The van der Waals surface area contributed by atoms with E-state index in [2.05, 4.69) is 33.6 Å². The first-order valence-electron chi connectivity index (χ1n) is 5.70. The predicted molar refractivity (Wildman–Crippen MR) is 71.8 cm³/mol. The van der Waals surface area contributed by atoms with E-state index in [9.17, 15) is 0 Å². The molecule has 0 aliphatic carbocycles. The summed E-state index contributed by atoms with van der Waals surface area (Å²) in [5, 5.41) is 0. The molecule has 1 fully saturated rings. The van der Waals surface area contributed by atoms with E-state index >= 15 is 0 Å². The Bertz CT molecular complexity index is 168. The van der Waals surface area contributed by atoms with Crippen molar-refractivity contribution in [3.63, 3.8) is 0 Å². The van der Waals surface area contributed by atoms with Crippen molar-refractivity contribution in [1.29, 1.82) is 0 Å². The highest BCUT2D eigenvalue weighted by Gasteiger charge is 2.40. The standard InChI is InChI=1S/C12H24N.2CH4.ClH/c1-5-11-9-13(7-3,8-4)10-12(11)6-2;;;/h7,11-12H,3,5-6,8-10H2,1-2,4H3;2*1H4;1H/q+1;;;/p-1.